The third kappa shape index (κ3) is 3.79. The molecule has 0 spiro atoms. The summed E-state index contributed by atoms with van der Waals surface area (Å²) in [4.78, 5) is 11.0. The van der Waals surface area contributed by atoms with E-state index in [2.05, 4.69) is 27.2 Å². The lowest BCUT2D eigenvalue weighted by atomic mass is 10.3. The molecule has 0 saturated heterocycles. The number of para-hydroxylation sites is 2. The second-order valence-corrected chi connectivity index (χ2v) is 4.67. The molecule has 108 valence electrons. The van der Waals surface area contributed by atoms with Gasteiger partial charge in [0.05, 0.1) is 17.6 Å². The van der Waals surface area contributed by atoms with Crippen LogP contribution in [0.5, 0.6) is 0 Å². The molecular formula is C14H21N5O. The van der Waals surface area contributed by atoms with Crippen molar-refractivity contribution in [1.29, 1.82) is 0 Å². The van der Waals surface area contributed by atoms with Crippen LogP contribution < -0.4 is 11.1 Å². The molecule has 1 aromatic carbocycles. The maximum absolute atomic E-state index is 5.91. The number of ether oxygens (including phenoxy) is 1. The molecule has 0 unspecified atom stereocenters. The highest BCUT2D eigenvalue weighted by Gasteiger charge is 2.05. The molecule has 0 aliphatic rings. The summed E-state index contributed by atoms with van der Waals surface area (Å²) in [5, 5.41) is 3.23. The van der Waals surface area contributed by atoms with Crippen LogP contribution >= 0.6 is 0 Å². The number of likely N-dealkylation sites (N-methyl/N-ethyl adjacent to an activating group) is 1. The third-order valence-corrected chi connectivity index (χ3v) is 3.06. The van der Waals surface area contributed by atoms with Crippen LogP contribution in [0.3, 0.4) is 0 Å². The summed E-state index contributed by atoms with van der Waals surface area (Å²) in [6, 6.07) is 7.70. The summed E-state index contributed by atoms with van der Waals surface area (Å²) in [5.41, 5.74) is 7.57. The number of anilines is 2. The van der Waals surface area contributed by atoms with E-state index in [0.29, 0.717) is 11.6 Å². The second-order valence-electron chi connectivity index (χ2n) is 4.67. The van der Waals surface area contributed by atoms with Gasteiger partial charge < -0.3 is 20.7 Å². The number of nitrogens with one attached hydrogen (secondary N) is 1. The predicted octanol–water partition coefficient (Wildman–Crippen LogP) is 1.20. The standard InChI is InChI=1S/C14H21N5O/c1-19(9-10-20-2)8-7-16-14-13(15)17-11-5-3-4-6-12(11)18-14/h3-6H,7-10H2,1-2H3,(H2,15,17)(H,16,18). The van der Waals surface area contributed by atoms with Crippen molar-refractivity contribution in [1.82, 2.24) is 14.9 Å². The number of nitrogen functional groups attached to an aromatic ring is 1. The third-order valence-electron chi connectivity index (χ3n) is 3.06. The van der Waals surface area contributed by atoms with E-state index in [9.17, 15) is 0 Å². The van der Waals surface area contributed by atoms with Gasteiger partial charge in [-0.05, 0) is 19.2 Å². The lowest BCUT2D eigenvalue weighted by molar-refractivity contribution is 0.163. The van der Waals surface area contributed by atoms with E-state index in [1.54, 1.807) is 7.11 Å². The first-order chi connectivity index (χ1) is 9.70. The number of nitrogens with two attached hydrogens (primary N) is 1. The van der Waals surface area contributed by atoms with Crippen LogP contribution in [0.2, 0.25) is 0 Å². The molecule has 1 aromatic heterocycles. The minimum atomic E-state index is 0.434. The average molecular weight is 275 g/mol. The second kappa shape index (κ2) is 7.02. The molecule has 2 aromatic rings. The van der Waals surface area contributed by atoms with Gasteiger partial charge in [0.1, 0.15) is 0 Å². The zero-order chi connectivity index (χ0) is 14.4. The molecule has 0 aliphatic carbocycles. The smallest absolute Gasteiger partial charge is 0.169 e. The molecular weight excluding hydrogens is 254 g/mol. The van der Waals surface area contributed by atoms with Gasteiger partial charge in [-0.1, -0.05) is 12.1 Å². The lowest BCUT2D eigenvalue weighted by Crippen LogP contribution is -2.28. The van der Waals surface area contributed by atoms with Gasteiger partial charge in [-0.25, -0.2) is 9.97 Å². The lowest BCUT2D eigenvalue weighted by Gasteiger charge is -2.16. The molecule has 0 amide bonds. The zero-order valence-electron chi connectivity index (χ0n) is 12.0. The number of fused-ring (bicyclic) bond motifs is 1. The highest BCUT2D eigenvalue weighted by molar-refractivity contribution is 5.79. The van der Waals surface area contributed by atoms with Crippen LogP contribution in [0.4, 0.5) is 11.6 Å². The number of aromatic nitrogens is 2. The Kier molecular flexibility index (Phi) is 5.09. The number of benzene rings is 1. The van der Waals surface area contributed by atoms with E-state index in [-0.39, 0.29) is 0 Å². The number of nitrogens with zero attached hydrogens (tertiary/aromatic N) is 3. The fraction of sp³-hybridized carbons (Fsp3) is 0.429. The van der Waals surface area contributed by atoms with E-state index in [0.717, 1.165) is 37.3 Å². The van der Waals surface area contributed by atoms with Gasteiger partial charge in [0.25, 0.3) is 0 Å². The van der Waals surface area contributed by atoms with E-state index >= 15 is 0 Å². The molecule has 6 heteroatoms. The van der Waals surface area contributed by atoms with Gasteiger partial charge in [-0.15, -0.1) is 0 Å². The first kappa shape index (κ1) is 14.5. The minimum absolute atomic E-state index is 0.434. The van der Waals surface area contributed by atoms with Gasteiger partial charge in [0.15, 0.2) is 11.6 Å². The zero-order valence-corrected chi connectivity index (χ0v) is 12.0. The molecule has 0 saturated carbocycles. The fourth-order valence-electron chi connectivity index (χ4n) is 1.87. The number of hydrogen-bond donors (Lipinski definition) is 2. The van der Waals surface area contributed by atoms with Crippen LogP contribution in [-0.2, 0) is 4.74 Å². The predicted molar refractivity (Wildman–Crippen MR) is 81.8 cm³/mol. The average Bonchev–Trinajstić information content (AvgIpc) is 2.45. The highest BCUT2D eigenvalue weighted by atomic mass is 16.5. The summed E-state index contributed by atoms with van der Waals surface area (Å²) < 4.78 is 5.04. The van der Waals surface area contributed by atoms with Crippen LogP contribution in [-0.4, -0.2) is 55.3 Å². The maximum Gasteiger partial charge on any atom is 0.169 e. The highest BCUT2D eigenvalue weighted by Crippen LogP contribution is 2.17. The van der Waals surface area contributed by atoms with Gasteiger partial charge in [-0.3, -0.25) is 0 Å². The van der Waals surface area contributed by atoms with Crippen molar-refractivity contribution in [3.63, 3.8) is 0 Å². The van der Waals surface area contributed by atoms with Crippen molar-refractivity contribution in [2.45, 2.75) is 0 Å². The Hall–Kier alpha value is -1.92. The number of hydrogen-bond acceptors (Lipinski definition) is 6. The Morgan fingerprint density at radius 1 is 1.20 bits per heavy atom. The molecule has 0 radical (unpaired) electrons. The molecule has 0 atom stereocenters. The molecule has 1 heterocycles. The Labute approximate surface area is 119 Å². The van der Waals surface area contributed by atoms with Crippen LogP contribution in [0.25, 0.3) is 11.0 Å². The van der Waals surface area contributed by atoms with Gasteiger partial charge in [-0.2, -0.15) is 0 Å². The van der Waals surface area contributed by atoms with Gasteiger partial charge >= 0.3 is 0 Å². The van der Waals surface area contributed by atoms with Gasteiger partial charge in [0, 0.05) is 26.7 Å². The largest absolute Gasteiger partial charge is 0.383 e. The summed E-state index contributed by atoms with van der Waals surface area (Å²) in [6.07, 6.45) is 0. The SMILES string of the molecule is COCCN(C)CCNc1nc2ccccc2nc1N. The molecule has 20 heavy (non-hydrogen) atoms. The molecule has 6 nitrogen and oxygen atoms in total. The monoisotopic (exact) mass is 275 g/mol. The molecule has 0 aliphatic heterocycles. The number of rotatable bonds is 7. The minimum Gasteiger partial charge on any atom is -0.383 e. The Balaban J connectivity index is 1.94. The van der Waals surface area contributed by atoms with Gasteiger partial charge in [0.2, 0.25) is 0 Å². The summed E-state index contributed by atoms with van der Waals surface area (Å²) in [6.45, 7) is 3.28. The molecule has 0 fully saturated rings. The first-order valence-corrected chi connectivity index (χ1v) is 6.64. The van der Waals surface area contributed by atoms with E-state index in [1.807, 2.05) is 24.3 Å². The van der Waals surface area contributed by atoms with E-state index in [1.165, 1.54) is 0 Å². The number of methoxy groups -OCH3 is 1. The fourth-order valence-corrected chi connectivity index (χ4v) is 1.87. The summed E-state index contributed by atoms with van der Waals surface area (Å²) in [7, 11) is 3.76. The van der Waals surface area contributed by atoms with Crippen molar-refractivity contribution in [3.8, 4) is 0 Å². The van der Waals surface area contributed by atoms with Crippen molar-refractivity contribution in [3.05, 3.63) is 24.3 Å². The molecule has 2 rings (SSSR count). The normalized spacial score (nSPS) is 11.2. The van der Waals surface area contributed by atoms with Crippen molar-refractivity contribution >= 4 is 22.7 Å². The Bertz CT molecular complexity index is 560. The van der Waals surface area contributed by atoms with Crippen LogP contribution in [0.15, 0.2) is 24.3 Å². The van der Waals surface area contributed by atoms with E-state index in [4.69, 9.17) is 10.5 Å². The topological polar surface area (TPSA) is 76.3 Å². The van der Waals surface area contributed by atoms with Crippen molar-refractivity contribution < 1.29 is 4.74 Å². The van der Waals surface area contributed by atoms with Crippen molar-refractivity contribution in [2.75, 3.05) is 51.4 Å². The quantitative estimate of drug-likeness (QED) is 0.791. The molecule has 3 N–H and O–H groups in total. The van der Waals surface area contributed by atoms with E-state index < -0.39 is 0 Å². The van der Waals surface area contributed by atoms with Crippen LogP contribution in [0.1, 0.15) is 0 Å². The summed E-state index contributed by atoms with van der Waals surface area (Å²) >= 11 is 0. The Morgan fingerprint density at radius 2 is 1.90 bits per heavy atom. The Morgan fingerprint density at radius 3 is 2.60 bits per heavy atom. The summed E-state index contributed by atoms with van der Waals surface area (Å²) in [5.74, 6) is 1.08. The maximum atomic E-state index is 5.91. The van der Waals surface area contributed by atoms with Crippen molar-refractivity contribution in [2.24, 2.45) is 0 Å². The van der Waals surface area contributed by atoms with Crippen LogP contribution in [0, 0.1) is 0 Å². The first-order valence-electron chi connectivity index (χ1n) is 6.64. The molecule has 0 bridgehead atoms.